The van der Waals surface area contributed by atoms with E-state index in [9.17, 15) is 9.59 Å². The van der Waals surface area contributed by atoms with E-state index in [1.54, 1.807) is 6.20 Å². The van der Waals surface area contributed by atoms with Crippen molar-refractivity contribution >= 4 is 22.9 Å². The number of fused-ring (bicyclic) bond motifs is 1. The second-order valence-corrected chi connectivity index (χ2v) is 6.47. The lowest BCUT2D eigenvalue weighted by Gasteiger charge is -2.23. The third-order valence-electron chi connectivity index (χ3n) is 4.96. The van der Waals surface area contributed by atoms with Crippen molar-refractivity contribution < 1.29 is 4.79 Å². The fourth-order valence-electron chi connectivity index (χ4n) is 3.66. The van der Waals surface area contributed by atoms with Gasteiger partial charge in [-0.25, -0.2) is 0 Å². The van der Waals surface area contributed by atoms with Gasteiger partial charge in [0.2, 0.25) is 0 Å². The van der Waals surface area contributed by atoms with Gasteiger partial charge in [-0.05, 0) is 50.3 Å². The highest BCUT2D eigenvalue weighted by molar-refractivity contribution is 5.91. The summed E-state index contributed by atoms with van der Waals surface area (Å²) in [5.74, 6) is 0. The molecule has 0 amide bonds. The minimum absolute atomic E-state index is 0.141. The monoisotopic (exact) mass is 296 g/mol. The molecule has 4 heteroatoms. The minimum atomic E-state index is -0.141. The molecule has 1 aliphatic heterocycles. The zero-order valence-corrected chi connectivity index (χ0v) is 12.8. The number of hydrogen-bond acceptors (Lipinski definition) is 3. The Morgan fingerprint density at radius 2 is 1.91 bits per heavy atom. The SMILES string of the molecule is Cc1c(N2CCCC2)ccc2c(=O)c(C=O)cn(C3CC3)c12. The van der Waals surface area contributed by atoms with Crippen LogP contribution in [0.1, 0.15) is 47.6 Å². The first-order chi connectivity index (χ1) is 10.7. The highest BCUT2D eigenvalue weighted by Crippen LogP contribution is 2.39. The first-order valence-corrected chi connectivity index (χ1v) is 8.09. The van der Waals surface area contributed by atoms with Gasteiger partial charge in [-0.15, -0.1) is 0 Å². The van der Waals surface area contributed by atoms with Gasteiger partial charge in [0, 0.05) is 36.4 Å². The predicted octanol–water partition coefficient (Wildman–Crippen LogP) is 3.06. The summed E-state index contributed by atoms with van der Waals surface area (Å²) in [4.78, 5) is 26.1. The van der Waals surface area contributed by atoms with Crippen LogP contribution < -0.4 is 10.3 Å². The molecule has 2 aliphatic rings. The van der Waals surface area contributed by atoms with Crippen LogP contribution in [0.15, 0.2) is 23.1 Å². The van der Waals surface area contributed by atoms with E-state index in [1.807, 2.05) is 6.07 Å². The third-order valence-corrected chi connectivity index (χ3v) is 4.96. The number of aldehydes is 1. The van der Waals surface area contributed by atoms with Crippen LogP contribution in [-0.4, -0.2) is 23.9 Å². The summed E-state index contributed by atoms with van der Waals surface area (Å²) in [5, 5.41) is 0.678. The molecule has 0 N–H and O–H groups in total. The molecule has 22 heavy (non-hydrogen) atoms. The molecule has 114 valence electrons. The second-order valence-electron chi connectivity index (χ2n) is 6.47. The summed E-state index contributed by atoms with van der Waals surface area (Å²) in [5.41, 5.74) is 3.55. The number of nitrogens with zero attached hydrogens (tertiary/aromatic N) is 2. The molecular formula is C18H20N2O2. The maximum absolute atomic E-state index is 12.5. The van der Waals surface area contributed by atoms with Crippen molar-refractivity contribution in [1.82, 2.24) is 4.57 Å². The van der Waals surface area contributed by atoms with Crippen molar-refractivity contribution in [3.8, 4) is 0 Å². The van der Waals surface area contributed by atoms with E-state index in [2.05, 4.69) is 22.5 Å². The van der Waals surface area contributed by atoms with Gasteiger partial charge in [0.05, 0.1) is 11.1 Å². The molecule has 2 fully saturated rings. The molecule has 4 nitrogen and oxygen atoms in total. The van der Waals surface area contributed by atoms with Gasteiger partial charge in [-0.3, -0.25) is 9.59 Å². The molecule has 0 radical (unpaired) electrons. The third kappa shape index (κ3) is 1.97. The van der Waals surface area contributed by atoms with Gasteiger partial charge in [0.1, 0.15) is 0 Å². The molecule has 1 saturated carbocycles. The summed E-state index contributed by atoms with van der Waals surface area (Å²) in [6, 6.07) is 4.40. The first kappa shape index (κ1) is 13.6. The van der Waals surface area contributed by atoms with Crippen molar-refractivity contribution in [2.24, 2.45) is 0 Å². The highest BCUT2D eigenvalue weighted by Gasteiger charge is 2.27. The summed E-state index contributed by atoms with van der Waals surface area (Å²) in [6.07, 6.45) is 7.17. The number of aromatic nitrogens is 1. The quantitative estimate of drug-likeness (QED) is 0.818. The molecule has 0 unspecified atom stereocenters. The molecule has 2 heterocycles. The Morgan fingerprint density at radius 3 is 2.55 bits per heavy atom. The maximum atomic E-state index is 12.5. The number of carbonyl (C=O) groups is 1. The molecule has 1 saturated heterocycles. The van der Waals surface area contributed by atoms with Crippen LogP contribution in [0, 0.1) is 6.92 Å². The molecule has 4 rings (SSSR count). The van der Waals surface area contributed by atoms with E-state index in [-0.39, 0.29) is 11.0 Å². The Hall–Kier alpha value is -2.10. The Bertz CT molecular complexity index is 812. The number of pyridine rings is 1. The first-order valence-electron chi connectivity index (χ1n) is 8.09. The van der Waals surface area contributed by atoms with Crippen LogP contribution in [0.3, 0.4) is 0 Å². The lowest BCUT2D eigenvalue weighted by molar-refractivity contribution is 0.112. The summed E-state index contributed by atoms with van der Waals surface area (Å²) in [7, 11) is 0. The molecule has 0 bridgehead atoms. The van der Waals surface area contributed by atoms with Crippen molar-refractivity contribution in [3.63, 3.8) is 0 Å². The van der Waals surface area contributed by atoms with Crippen LogP contribution in [0.5, 0.6) is 0 Å². The van der Waals surface area contributed by atoms with E-state index in [1.165, 1.54) is 24.1 Å². The number of benzene rings is 1. The fourth-order valence-corrected chi connectivity index (χ4v) is 3.66. The molecule has 1 aromatic heterocycles. The van der Waals surface area contributed by atoms with Gasteiger partial charge in [-0.1, -0.05) is 0 Å². The largest absolute Gasteiger partial charge is 0.371 e. The van der Waals surface area contributed by atoms with Crippen molar-refractivity contribution in [2.45, 2.75) is 38.6 Å². The van der Waals surface area contributed by atoms with Gasteiger partial charge in [-0.2, -0.15) is 0 Å². The standard InChI is InChI=1S/C18H20N2O2/c1-12-16(19-8-2-3-9-19)7-6-15-17(12)20(14-4-5-14)10-13(11-21)18(15)22/h6-7,10-11,14H,2-5,8-9H2,1H3. The lowest BCUT2D eigenvalue weighted by atomic mass is 10.0. The molecular weight excluding hydrogens is 276 g/mol. The van der Waals surface area contributed by atoms with Crippen molar-refractivity contribution in [1.29, 1.82) is 0 Å². The number of anilines is 1. The number of carbonyl (C=O) groups excluding carboxylic acids is 1. The molecule has 0 atom stereocenters. The van der Waals surface area contributed by atoms with Crippen LogP contribution in [0.2, 0.25) is 0 Å². The average molecular weight is 296 g/mol. The fraction of sp³-hybridized carbons (Fsp3) is 0.444. The summed E-state index contributed by atoms with van der Waals surface area (Å²) >= 11 is 0. The normalized spacial score (nSPS) is 18.1. The Balaban J connectivity index is 2.01. The molecule has 0 spiro atoms. The summed E-state index contributed by atoms with van der Waals surface area (Å²) in [6.45, 7) is 4.29. The lowest BCUT2D eigenvalue weighted by Crippen LogP contribution is -2.20. The van der Waals surface area contributed by atoms with Crippen LogP contribution in [0.4, 0.5) is 5.69 Å². The van der Waals surface area contributed by atoms with E-state index in [0.29, 0.717) is 17.7 Å². The van der Waals surface area contributed by atoms with E-state index >= 15 is 0 Å². The number of aryl methyl sites for hydroxylation is 1. The average Bonchev–Trinajstić information content (AvgIpc) is 3.23. The van der Waals surface area contributed by atoms with Gasteiger partial charge < -0.3 is 9.47 Å². The number of hydrogen-bond donors (Lipinski definition) is 0. The highest BCUT2D eigenvalue weighted by atomic mass is 16.1. The minimum Gasteiger partial charge on any atom is -0.371 e. The number of rotatable bonds is 3. The molecule has 2 aromatic rings. The van der Waals surface area contributed by atoms with Gasteiger partial charge in [0.25, 0.3) is 0 Å². The van der Waals surface area contributed by atoms with Crippen LogP contribution in [0.25, 0.3) is 10.9 Å². The van der Waals surface area contributed by atoms with Gasteiger partial charge in [0.15, 0.2) is 11.7 Å². The van der Waals surface area contributed by atoms with Crippen molar-refractivity contribution in [2.75, 3.05) is 18.0 Å². The second kappa shape index (κ2) is 4.97. The summed E-state index contributed by atoms with van der Waals surface area (Å²) < 4.78 is 2.16. The maximum Gasteiger partial charge on any atom is 0.199 e. The Labute approximate surface area is 129 Å². The van der Waals surface area contributed by atoms with Gasteiger partial charge >= 0.3 is 0 Å². The molecule has 1 aliphatic carbocycles. The molecule has 1 aromatic carbocycles. The Kier molecular flexibility index (Phi) is 3.06. The van der Waals surface area contributed by atoms with E-state index in [0.717, 1.165) is 31.4 Å². The van der Waals surface area contributed by atoms with Crippen LogP contribution in [-0.2, 0) is 0 Å². The zero-order valence-electron chi connectivity index (χ0n) is 12.8. The smallest absolute Gasteiger partial charge is 0.199 e. The van der Waals surface area contributed by atoms with Crippen molar-refractivity contribution in [3.05, 3.63) is 39.7 Å². The zero-order chi connectivity index (χ0) is 15.3. The Morgan fingerprint density at radius 1 is 1.18 bits per heavy atom. The van der Waals surface area contributed by atoms with E-state index < -0.39 is 0 Å². The van der Waals surface area contributed by atoms with E-state index in [4.69, 9.17) is 0 Å². The predicted molar refractivity (Wildman–Crippen MR) is 88.1 cm³/mol. The topological polar surface area (TPSA) is 42.3 Å². The van der Waals surface area contributed by atoms with Crippen LogP contribution >= 0.6 is 0 Å².